The summed E-state index contributed by atoms with van der Waals surface area (Å²) in [5.74, 6) is -4.86. The van der Waals surface area contributed by atoms with Gasteiger partial charge in [0.05, 0.1) is 11.8 Å². The zero-order valence-electron chi connectivity index (χ0n) is 21.7. The maximum Gasteiger partial charge on any atom is 0.331 e. The van der Waals surface area contributed by atoms with Gasteiger partial charge in [0.1, 0.15) is 17.5 Å². The van der Waals surface area contributed by atoms with Gasteiger partial charge >= 0.3 is 5.97 Å². The van der Waals surface area contributed by atoms with E-state index in [0.717, 1.165) is 42.4 Å². The molecule has 7 nitrogen and oxygen atoms in total. The first-order valence-corrected chi connectivity index (χ1v) is 13.1. The Bertz CT molecular complexity index is 1340. The van der Waals surface area contributed by atoms with Crippen LogP contribution in [0.1, 0.15) is 60.7 Å². The molecular weight excluding hydrogens is 533 g/mol. The second kappa shape index (κ2) is 14.0. The van der Waals surface area contributed by atoms with Crippen LogP contribution in [-0.4, -0.2) is 42.3 Å². The van der Waals surface area contributed by atoms with Crippen molar-refractivity contribution in [1.82, 2.24) is 4.98 Å². The lowest BCUT2D eigenvalue weighted by Gasteiger charge is -2.17. The number of aromatic nitrogens is 1. The van der Waals surface area contributed by atoms with Gasteiger partial charge < -0.3 is 14.6 Å². The van der Waals surface area contributed by atoms with E-state index in [4.69, 9.17) is 14.6 Å². The van der Waals surface area contributed by atoms with E-state index in [1.165, 1.54) is 14.0 Å². The molecule has 2 N–H and O–H groups in total. The molecule has 39 heavy (non-hydrogen) atoms. The Morgan fingerprint density at radius 2 is 1.90 bits per heavy atom. The predicted octanol–water partition coefficient (Wildman–Crippen LogP) is 6.86. The number of amides is 1. The fourth-order valence-corrected chi connectivity index (χ4v) is 4.40. The smallest absolute Gasteiger partial charge is 0.331 e. The van der Waals surface area contributed by atoms with E-state index in [0.29, 0.717) is 25.2 Å². The molecule has 2 aromatic carbocycles. The van der Waals surface area contributed by atoms with E-state index in [1.807, 2.05) is 0 Å². The zero-order valence-corrected chi connectivity index (χ0v) is 22.5. The van der Waals surface area contributed by atoms with Crippen molar-refractivity contribution in [3.63, 3.8) is 0 Å². The number of carbonyl (C=O) groups is 2. The SMILES string of the molecule is CCCCOCCC(OC)c1cccc(-c2csc(NC(=O)c3cc(F)c(C=C(C)C(=O)O)c(F)c3)n2)c1F. The highest BCUT2D eigenvalue weighted by molar-refractivity contribution is 7.14. The third-order valence-corrected chi connectivity index (χ3v) is 6.62. The first-order valence-electron chi connectivity index (χ1n) is 12.2. The van der Waals surface area contributed by atoms with Crippen LogP contribution in [0.25, 0.3) is 17.3 Å². The summed E-state index contributed by atoms with van der Waals surface area (Å²) in [6.07, 6.45) is 2.76. The lowest BCUT2D eigenvalue weighted by atomic mass is 10.0. The van der Waals surface area contributed by atoms with E-state index in [-0.39, 0.29) is 27.5 Å². The number of benzene rings is 2. The summed E-state index contributed by atoms with van der Waals surface area (Å²) in [6.45, 7) is 4.32. The van der Waals surface area contributed by atoms with Gasteiger partial charge in [-0.15, -0.1) is 11.3 Å². The third kappa shape index (κ3) is 7.75. The second-order valence-corrected chi connectivity index (χ2v) is 9.52. The summed E-state index contributed by atoms with van der Waals surface area (Å²) in [7, 11) is 1.50. The number of carbonyl (C=O) groups excluding carboxylic acids is 1. The first-order chi connectivity index (χ1) is 18.7. The summed E-state index contributed by atoms with van der Waals surface area (Å²) in [4.78, 5) is 27.9. The van der Waals surface area contributed by atoms with Crippen LogP contribution < -0.4 is 5.32 Å². The number of carboxylic acid groups (broad SMARTS) is 1. The molecule has 0 saturated heterocycles. The highest BCUT2D eigenvalue weighted by Gasteiger charge is 2.21. The summed E-state index contributed by atoms with van der Waals surface area (Å²) in [6, 6.07) is 6.47. The molecule has 1 aromatic heterocycles. The molecule has 0 fully saturated rings. The summed E-state index contributed by atoms with van der Waals surface area (Å²) in [5, 5.41) is 13.0. The fourth-order valence-electron chi connectivity index (χ4n) is 3.69. The van der Waals surface area contributed by atoms with Crippen LogP contribution in [0.3, 0.4) is 0 Å². The Morgan fingerprint density at radius 3 is 2.54 bits per heavy atom. The second-order valence-electron chi connectivity index (χ2n) is 8.67. The molecule has 0 saturated carbocycles. The molecule has 0 aliphatic heterocycles. The number of thiazole rings is 1. The highest BCUT2D eigenvalue weighted by atomic mass is 32.1. The molecule has 1 amide bonds. The average Bonchev–Trinajstić information content (AvgIpc) is 3.36. The van der Waals surface area contributed by atoms with E-state index in [9.17, 15) is 18.4 Å². The van der Waals surface area contributed by atoms with Crippen LogP contribution in [0, 0.1) is 17.5 Å². The Labute approximate surface area is 228 Å². The van der Waals surface area contributed by atoms with Crippen molar-refractivity contribution >= 4 is 34.4 Å². The number of nitrogens with zero attached hydrogens (tertiary/aromatic N) is 1. The molecule has 11 heteroatoms. The molecule has 1 heterocycles. The number of unbranched alkanes of at least 4 members (excludes halogenated alkanes) is 1. The topological polar surface area (TPSA) is 97.8 Å². The molecule has 0 bridgehead atoms. The monoisotopic (exact) mass is 562 g/mol. The molecular formula is C28H29F3N2O5S. The normalized spacial score (nSPS) is 12.4. The molecule has 1 unspecified atom stereocenters. The number of hydrogen-bond acceptors (Lipinski definition) is 6. The van der Waals surface area contributed by atoms with Crippen molar-refractivity contribution in [2.75, 3.05) is 25.6 Å². The number of rotatable bonds is 13. The number of methoxy groups -OCH3 is 1. The van der Waals surface area contributed by atoms with E-state index < -0.39 is 41.0 Å². The van der Waals surface area contributed by atoms with Crippen molar-refractivity contribution < 1.29 is 37.3 Å². The van der Waals surface area contributed by atoms with Gasteiger partial charge in [-0.2, -0.15) is 0 Å². The van der Waals surface area contributed by atoms with Gasteiger partial charge in [-0.25, -0.2) is 22.9 Å². The standard InChI is InChI=1S/C28H29F3N2O5S/c1-4-5-10-38-11-9-24(37-3)19-8-6-7-18(25(19)31)23-15-39-28(32-23)33-26(34)17-13-21(29)20(22(30)14-17)12-16(2)27(35)36/h6-8,12-15,24H,4-5,9-11H2,1-3H3,(H,35,36)(H,32,33,34). The third-order valence-electron chi connectivity index (χ3n) is 5.87. The Kier molecular flexibility index (Phi) is 10.8. The van der Waals surface area contributed by atoms with Crippen LogP contribution in [0.15, 0.2) is 41.3 Å². The Balaban J connectivity index is 1.75. The number of hydrogen-bond donors (Lipinski definition) is 2. The fraction of sp³-hybridized carbons (Fsp3) is 0.321. The maximum atomic E-state index is 15.5. The van der Waals surface area contributed by atoms with Gasteiger partial charge in [0.15, 0.2) is 5.13 Å². The number of carboxylic acids is 1. The number of aliphatic carboxylic acids is 1. The van der Waals surface area contributed by atoms with Crippen molar-refractivity contribution in [3.05, 3.63) is 75.4 Å². The minimum absolute atomic E-state index is 0.0962. The number of nitrogens with one attached hydrogen (secondary N) is 1. The largest absolute Gasteiger partial charge is 0.478 e. The molecule has 0 aliphatic rings. The molecule has 0 aliphatic carbocycles. The molecule has 3 rings (SSSR count). The highest BCUT2D eigenvalue weighted by Crippen LogP contribution is 2.33. The van der Waals surface area contributed by atoms with Gasteiger partial charge in [-0.1, -0.05) is 25.5 Å². The molecule has 3 aromatic rings. The molecule has 0 spiro atoms. The van der Waals surface area contributed by atoms with Gasteiger partial charge in [0, 0.05) is 60.0 Å². The van der Waals surface area contributed by atoms with Crippen molar-refractivity contribution in [1.29, 1.82) is 0 Å². The summed E-state index contributed by atoms with van der Waals surface area (Å²) < 4.78 is 55.4. The molecule has 1 atom stereocenters. The lowest BCUT2D eigenvalue weighted by molar-refractivity contribution is -0.132. The van der Waals surface area contributed by atoms with E-state index in [2.05, 4.69) is 17.2 Å². The number of anilines is 1. The van der Waals surface area contributed by atoms with Gasteiger partial charge in [-0.3, -0.25) is 10.1 Å². The minimum Gasteiger partial charge on any atom is -0.478 e. The van der Waals surface area contributed by atoms with Crippen LogP contribution >= 0.6 is 11.3 Å². The van der Waals surface area contributed by atoms with Crippen LogP contribution in [0.2, 0.25) is 0 Å². The van der Waals surface area contributed by atoms with E-state index in [1.54, 1.807) is 23.6 Å². The van der Waals surface area contributed by atoms with Crippen LogP contribution in [0.5, 0.6) is 0 Å². The predicted molar refractivity (Wildman–Crippen MR) is 143 cm³/mol. The maximum absolute atomic E-state index is 15.5. The van der Waals surface area contributed by atoms with Crippen molar-refractivity contribution in [3.8, 4) is 11.3 Å². The van der Waals surface area contributed by atoms with Crippen LogP contribution in [-0.2, 0) is 14.3 Å². The quantitative estimate of drug-likeness (QED) is 0.174. The summed E-state index contributed by atoms with van der Waals surface area (Å²) in [5.41, 5.74) is -0.338. The first kappa shape index (κ1) is 30.0. The van der Waals surface area contributed by atoms with E-state index >= 15 is 4.39 Å². The number of halogens is 3. The van der Waals surface area contributed by atoms with Crippen molar-refractivity contribution in [2.45, 2.75) is 39.2 Å². The van der Waals surface area contributed by atoms with Crippen LogP contribution in [0.4, 0.5) is 18.3 Å². The van der Waals surface area contributed by atoms with Crippen molar-refractivity contribution in [2.24, 2.45) is 0 Å². The molecule has 208 valence electrons. The summed E-state index contributed by atoms with van der Waals surface area (Å²) >= 11 is 1.02. The Hall–Kier alpha value is -3.54. The van der Waals surface area contributed by atoms with Gasteiger partial charge in [0.2, 0.25) is 0 Å². The average molecular weight is 563 g/mol. The van der Waals surface area contributed by atoms with Gasteiger partial charge in [-0.05, 0) is 37.6 Å². The van der Waals surface area contributed by atoms with Gasteiger partial charge in [0.25, 0.3) is 5.91 Å². The molecule has 0 radical (unpaired) electrons. The number of ether oxygens (including phenoxy) is 2. The zero-order chi connectivity index (χ0) is 28.5. The lowest BCUT2D eigenvalue weighted by Crippen LogP contribution is -2.13. The minimum atomic E-state index is -1.33. The Morgan fingerprint density at radius 1 is 1.18 bits per heavy atom.